The molecule has 1 aromatic carbocycles. The van der Waals surface area contributed by atoms with Crippen molar-refractivity contribution in [3.05, 3.63) is 28.7 Å². The quantitative estimate of drug-likeness (QED) is 0.543. The number of hydrogen-bond donors (Lipinski definition) is 2. The Morgan fingerprint density at radius 3 is 2.52 bits per heavy atom. The van der Waals surface area contributed by atoms with Gasteiger partial charge >= 0.3 is 5.97 Å². The van der Waals surface area contributed by atoms with Gasteiger partial charge in [0.2, 0.25) is 5.91 Å². The maximum Gasteiger partial charge on any atom is 0.311 e. The molecule has 1 aliphatic carbocycles. The highest BCUT2D eigenvalue weighted by Crippen LogP contribution is 2.45. The fraction of sp³-hybridized carbons (Fsp3) is 0.467. The van der Waals surface area contributed by atoms with Crippen molar-refractivity contribution in [3.8, 4) is 0 Å². The van der Waals surface area contributed by atoms with Crippen LogP contribution in [0.3, 0.4) is 0 Å². The third-order valence-electron chi connectivity index (χ3n) is 3.56. The molecule has 0 spiro atoms. The standard InChI is InChI=1S/C15H18BrNO3S/c16-11-3-5-12(6-4-11)21-9-1-2-13(18)17-10-15(7-8-15)14(19)20/h3-6H,1-2,7-10H2,(H,17,18)(H,19,20). The van der Waals surface area contributed by atoms with Gasteiger partial charge in [-0.3, -0.25) is 9.59 Å². The second-order valence-corrected chi connectivity index (χ2v) is 7.35. The number of carboxylic acids is 1. The molecule has 1 aromatic rings. The normalized spacial score (nSPS) is 15.5. The van der Waals surface area contributed by atoms with Gasteiger partial charge in [0.05, 0.1) is 5.41 Å². The number of benzene rings is 1. The van der Waals surface area contributed by atoms with Gasteiger partial charge in [0, 0.05) is 22.3 Å². The van der Waals surface area contributed by atoms with Crippen LogP contribution in [-0.4, -0.2) is 29.3 Å². The average Bonchev–Trinajstić information content (AvgIpc) is 3.24. The number of carbonyl (C=O) groups is 2. The Bertz CT molecular complexity index is 514. The Morgan fingerprint density at radius 1 is 1.29 bits per heavy atom. The van der Waals surface area contributed by atoms with Crippen molar-refractivity contribution >= 4 is 39.6 Å². The predicted molar refractivity (Wildman–Crippen MR) is 86.4 cm³/mol. The fourth-order valence-electron chi connectivity index (χ4n) is 1.93. The number of halogens is 1. The molecule has 6 heteroatoms. The summed E-state index contributed by atoms with van der Waals surface area (Å²) in [5.74, 6) is 0.0200. The smallest absolute Gasteiger partial charge is 0.311 e. The largest absolute Gasteiger partial charge is 0.481 e. The highest BCUT2D eigenvalue weighted by molar-refractivity contribution is 9.10. The van der Waals surface area contributed by atoms with Gasteiger partial charge < -0.3 is 10.4 Å². The minimum atomic E-state index is -0.798. The second kappa shape index (κ2) is 7.31. The van der Waals surface area contributed by atoms with Crippen LogP contribution in [0.1, 0.15) is 25.7 Å². The molecule has 21 heavy (non-hydrogen) atoms. The van der Waals surface area contributed by atoms with Crippen LogP contribution >= 0.6 is 27.7 Å². The third-order valence-corrected chi connectivity index (χ3v) is 5.19. The van der Waals surface area contributed by atoms with Crippen LogP contribution in [0.5, 0.6) is 0 Å². The molecule has 1 aliphatic rings. The zero-order valence-corrected chi connectivity index (χ0v) is 14.0. The summed E-state index contributed by atoms with van der Waals surface area (Å²) < 4.78 is 1.05. The fourth-order valence-corrected chi connectivity index (χ4v) is 3.04. The van der Waals surface area contributed by atoms with E-state index < -0.39 is 11.4 Å². The molecule has 2 rings (SSSR count). The van der Waals surface area contributed by atoms with Gasteiger partial charge in [-0.15, -0.1) is 11.8 Å². The van der Waals surface area contributed by atoms with Crippen molar-refractivity contribution in [2.75, 3.05) is 12.3 Å². The van der Waals surface area contributed by atoms with Gasteiger partial charge in [0.25, 0.3) is 0 Å². The molecule has 1 amide bonds. The van der Waals surface area contributed by atoms with E-state index in [1.807, 2.05) is 24.3 Å². The molecular weight excluding hydrogens is 354 g/mol. The van der Waals surface area contributed by atoms with E-state index in [2.05, 4.69) is 21.2 Å². The van der Waals surface area contributed by atoms with Crippen LogP contribution in [0.4, 0.5) is 0 Å². The van der Waals surface area contributed by atoms with Gasteiger partial charge in [-0.1, -0.05) is 15.9 Å². The first-order chi connectivity index (χ1) is 10.0. The lowest BCUT2D eigenvalue weighted by atomic mass is 10.1. The van der Waals surface area contributed by atoms with Gasteiger partial charge in [-0.25, -0.2) is 0 Å². The summed E-state index contributed by atoms with van der Waals surface area (Å²) in [4.78, 5) is 23.8. The van der Waals surface area contributed by atoms with E-state index in [1.54, 1.807) is 11.8 Å². The Hall–Kier alpha value is -1.01. The average molecular weight is 372 g/mol. The molecule has 0 saturated heterocycles. The number of aliphatic carboxylic acids is 1. The summed E-state index contributed by atoms with van der Waals surface area (Å²) >= 11 is 5.11. The Kier molecular flexibility index (Phi) is 5.70. The van der Waals surface area contributed by atoms with Crippen LogP contribution in [0.15, 0.2) is 33.6 Å². The lowest BCUT2D eigenvalue weighted by Crippen LogP contribution is -2.34. The Morgan fingerprint density at radius 2 is 1.95 bits per heavy atom. The molecule has 0 heterocycles. The van der Waals surface area contributed by atoms with Crippen LogP contribution < -0.4 is 5.32 Å². The number of thioether (sulfide) groups is 1. The van der Waals surface area contributed by atoms with Crippen LogP contribution in [0.2, 0.25) is 0 Å². The molecule has 2 N–H and O–H groups in total. The van der Waals surface area contributed by atoms with Crippen LogP contribution in [-0.2, 0) is 9.59 Å². The minimum Gasteiger partial charge on any atom is -0.481 e. The van der Waals surface area contributed by atoms with Crippen molar-refractivity contribution in [3.63, 3.8) is 0 Å². The van der Waals surface area contributed by atoms with E-state index in [0.29, 0.717) is 19.3 Å². The lowest BCUT2D eigenvalue weighted by molar-refractivity contribution is -0.143. The molecule has 1 saturated carbocycles. The number of hydrogen-bond acceptors (Lipinski definition) is 3. The molecule has 4 nitrogen and oxygen atoms in total. The maximum absolute atomic E-state index is 11.7. The van der Waals surface area contributed by atoms with Crippen molar-refractivity contribution in [1.29, 1.82) is 0 Å². The van der Waals surface area contributed by atoms with Crippen LogP contribution in [0.25, 0.3) is 0 Å². The summed E-state index contributed by atoms with van der Waals surface area (Å²) in [6, 6.07) is 8.07. The van der Waals surface area contributed by atoms with E-state index in [9.17, 15) is 9.59 Å². The van der Waals surface area contributed by atoms with Gasteiger partial charge in [0.1, 0.15) is 0 Å². The molecule has 0 atom stereocenters. The molecule has 114 valence electrons. The second-order valence-electron chi connectivity index (χ2n) is 5.27. The van der Waals surface area contributed by atoms with Crippen molar-refractivity contribution in [2.45, 2.75) is 30.6 Å². The summed E-state index contributed by atoms with van der Waals surface area (Å²) in [6.45, 7) is 0.265. The predicted octanol–water partition coefficient (Wildman–Crippen LogP) is 3.30. The first kappa shape index (κ1) is 16.4. The Balaban J connectivity index is 1.59. The minimum absolute atomic E-state index is 0.0565. The zero-order valence-electron chi connectivity index (χ0n) is 11.6. The third kappa shape index (κ3) is 5.04. The number of carbonyl (C=O) groups excluding carboxylic acids is 1. The number of amides is 1. The molecule has 0 unspecified atom stereocenters. The van der Waals surface area contributed by atoms with E-state index in [-0.39, 0.29) is 12.5 Å². The highest BCUT2D eigenvalue weighted by Gasteiger charge is 2.50. The molecule has 1 fully saturated rings. The SMILES string of the molecule is O=C(CCCSc1ccc(Br)cc1)NCC1(C(=O)O)CC1. The molecule has 0 aromatic heterocycles. The molecule has 0 aliphatic heterocycles. The summed E-state index contributed by atoms with van der Waals surface area (Å²) in [5, 5.41) is 11.8. The van der Waals surface area contributed by atoms with Gasteiger partial charge in [0.15, 0.2) is 0 Å². The number of carboxylic acid groups (broad SMARTS) is 1. The number of nitrogens with one attached hydrogen (secondary N) is 1. The van der Waals surface area contributed by atoms with E-state index in [0.717, 1.165) is 16.6 Å². The van der Waals surface area contributed by atoms with Gasteiger partial charge in [-0.2, -0.15) is 0 Å². The lowest BCUT2D eigenvalue weighted by Gasteiger charge is -2.10. The van der Waals surface area contributed by atoms with Crippen molar-refractivity contribution in [2.24, 2.45) is 5.41 Å². The summed E-state index contributed by atoms with van der Waals surface area (Å²) in [5.41, 5.74) is -0.679. The topological polar surface area (TPSA) is 66.4 Å². The van der Waals surface area contributed by atoms with Gasteiger partial charge in [-0.05, 0) is 49.3 Å². The zero-order chi connectivity index (χ0) is 15.3. The highest BCUT2D eigenvalue weighted by atomic mass is 79.9. The maximum atomic E-state index is 11.7. The first-order valence-electron chi connectivity index (χ1n) is 6.90. The molecule has 0 bridgehead atoms. The number of rotatable bonds is 8. The van der Waals surface area contributed by atoms with E-state index >= 15 is 0 Å². The van der Waals surface area contributed by atoms with Crippen LogP contribution in [0, 0.1) is 5.41 Å². The van der Waals surface area contributed by atoms with Crippen molar-refractivity contribution < 1.29 is 14.7 Å². The molecular formula is C15H18BrNO3S. The summed E-state index contributed by atoms with van der Waals surface area (Å²) in [7, 11) is 0. The monoisotopic (exact) mass is 371 g/mol. The Labute approximate surface area is 136 Å². The first-order valence-corrected chi connectivity index (χ1v) is 8.68. The summed E-state index contributed by atoms with van der Waals surface area (Å²) in [6.07, 6.45) is 2.57. The molecule has 0 radical (unpaired) electrons. The van der Waals surface area contributed by atoms with E-state index in [1.165, 1.54) is 4.90 Å². The van der Waals surface area contributed by atoms with E-state index in [4.69, 9.17) is 5.11 Å². The van der Waals surface area contributed by atoms with Crippen molar-refractivity contribution in [1.82, 2.24) is 5.32 Å².